The Bertz CT molecular complexity index is 1320. The average molecular weight is 493 g/mol. The highest BCUT2D eigenvalue weighted by atomic mass is 32.2. The number of esters is 1. The predicted octanol–water partition coefficient (Wildman–Crippen LogP) is 3.56. The summed E-state index contributed by atoms with van der Waals surface area (Å²) in [5, 5.41) is 0. The number of hydrogen-bond donors (Lipinski definition) is 0. The molecule has 3 aromatic rings. The number of hydrogen-bond acceptors (Lipinski definition) is 5. The van der Waals surface area contributed by atoms with Crippen molar-refractivity contribution in [3.63, 3.8) is 0 Å². The summed E-state index contributed by atoms with van der Waals surface area (Å²) < 4.78 is 32.8. The van der Waals surface area contributed by atoms with Crippen molar-refractivity contribution in [1.29, 1.82) is 0 Å². The van der Waals surface area contributed by atoms with E-state index >= 15 is 0 Å². The number of rotatable bonds is 7. The van der Waals surface area contributed by atoms with Gasteiger partial charge in [0, 0.05) is 26.7 Å². The van der Waals surface area contributed by atoms with Gasteiger partial charge in [-0.3, -0.25) is 4.79 Å². The maximum absolute atomic E-state index is 13.1. The highest BCUT2D eigenvalue weighted by Gasteiger charge is 2.28. The van der Waals surface area contributed by atoms with Gasteiger partial charge in [-0.15, -0.1) is 0 Å². The summed E-state index contributed by atoms with van der Waals surface area (Å²) in [6, 6.07) is 21.3. The van der Waals surface area contributed by atoms with Crippen LogP contribution in [0, 0.1) is 6.92 Å². The number of ether oxygens (including phenoxy) is 1. The van der Waals surface area contributed by atoms with Crippen molar-refractivity contribution in [2.24, 2.45) is 0 Å². The fourth-order valence-corrected chi connectivity index (χ4v) is 5.38. The molecule has 1 heterocycles. The van der Waals surface area contributed by atoms with E-state index in [-0.39, 0.29) is 16.4 Å². The van der Waals surface area contributed by atoms with Crippen LogP contribution in [-0.4, -0.2) is 49.7 Å². The smallest absolute Gasteiger partial charge is 0.338 e. The lowest BCUT2D eigenvalue weighted by atomic mass is 10.0. The Morgan fingerprint density at radius 3 is 2.29 bits per heavy atom. The first-order valence-electron chi connectivity index (χ1n) is 11.4. The Kier molecular flexibility index (Phi) is 7.33. The molecule has 1 aliphatic heterocycles. The summed E-state index contributed by atoms with van der Waals surface area (Å²) in [6.07, 6.45) is 0.659. The van der Waals surface area contributed by atoms with E-state index in [1.54, 1.807) is 7.05 Å². The van der Waals surface area contributed by atoms with Crippen LogP contribution in [0.4, 0.5) is 0 Å². The summed E-state index contributed by atoms with van der Waals surface area (Å²) >= 11 is 0. The third-order valence-electron chi connectivity index (χ3n) is 6.12. The Morgan fingerprint density at radius 2 is 1.60 bits per heavy atom. The Labute approximate surface area is 206 Å². The fraction of sp³-hybridized carbons (Fsp3) is 0.259. The number of fused-ring (bicyclic) bond motifs is 1. The number of carbonyl (C=O) groups is 2. The second kappa shape index (κ2) is 10.4. The van der Waals surface area contributed by atoms with Gasteiger partial charge in [0.2, 0.25) is 10.0 Å². The molecule has 4 rings (SSSR count). The lowest BCUT2D eigenvalue weighted by Crippen LogP contribution is -2.35. The zero-order valence-electron chi connectivity index (χ0n) is 19.8. The molecule has 7 nitrogen and oxygen atoms in total. The molecule has 0 atom stereocenters. The lowest BCUT2D eigenvalue weighted by molar-refractivity contribution is -0.133. The third kappa shape index (κ3) is 5.78. The summed E-state index contributed by atoms with van der Waals surface area (Å²) in [6.45, 7) is 2.73. The minimum absolute atomic E-state index is 0.113. The summed E-state index contributed by atoms with van der Waals surface area (Å²) in [5.41, 5.74) is 4.46. The molecular formula is C27H28N2O5S. The van der Waals surface area contributed by atoms with E-state index in [0.717, 1.165) is 22.3 Å². The van der Waals surface area contributed by atoms with Crippen LogP contribution in [0.5, 0.6) is 0 Å². The number of sulfonamides is 1. The monoisotopic (exact) mass is 492 g/mol. The van der Waals surface area contributed by atoms with Crippen LogP contribution in [0.25, 0.3) is 0 Å². The molecule has 0 aliphatic carbocycles. The Hall–Kier alpha value is -3.49. The Balaban J connectivity index is 1.33. The van der Waals surface area contributed by atoms with Crippen molar-refractivity contribution in [2.45, 2.75) is 31.3 Å². The minimum atomic E-state index is -3.70. The van der Waals surface area contributed by atoms with Crippen LogP contribution in [0.1, 0.15) is 32.6 Å². The average Bonchev–Trinajstić information content (AvgIpc) is 2.88. The van der Waals surface area contributed by atoms with E-state index in [4.69, 9.17) is 4.74 Å². The summed E-state index contributed by atoms with van der Waals surface area (Å²) in [4.78, 5) is 26.4. The predicted molar refractivity (Wildman–Crippen MR) is 132 cm³/mol. The van der Waals surface area contributed by atoms with Gasteiger partial charge in [-0.2, -0.15) is 4.31 Å². The molecule has 0 saturated carbocycles. The van der Waals surface area contributed by atoms with Gasteiger partial charge in [0.1, 0.15) is 0 Å². The second-order valence-electron chi connectivity index (χ2n) is 8.69. The standard InChI is InChI=1S/C27H28N2O5S/c1-20-7-9-21(10-8-20)17-28(2)26(30)19-34-27(31)23-11-13-25(14-12-23)35(32,33)29-16-15-22-5-3-4-6-24(22)18-29/h3-14H,15-19H2,1-2H3. The van der Waals surface area contributed by atoms with Crippen LogP contribution < -0.4 is 0 Å². The maximum Gasteiger partial charge on any atom is 0.338 e. The molecule has 0 saturated heterocycles. The van der Waals surface area contributed by atoms with Gasteiger partial charge in [0.25, 0.3) is 5.91 Å². The highest BCUT2D eigenvalue weighted by molar-refractivity contribution is 7.89. The summed E-state index contributed by atoms with van der Waals surface area (Å²) in [5.74, 6) is -1.01. The maximum atomic E-state index is 13.1. The van der Waals surface area contributed by atoms with Crippen LogP contribution >= 0.6 is 0 Å². The van der Waals surface area contributed by atoms with Crippen LogP contribution in [0.3, 0.4) is 0 Å². The van der Waals surface area contributed by atoms with Crippen LogP contribution in [0.15, 0.2) is 77.7 Å². The van der Waals surface area contributed by atoms with E-state index in [1.807, 2.05) is 55.5 Å². The van der Waals surface area contributed by atoms with Crippen molar-refractivity contribution in [2.75, 3.05) is 20.2 Å². The third-order valence-corrected chi connectivity index (χ3v) is 7.98. The number of benzene rings is 3. The molecule has 182 valence electrons. The van der Waals surface area contributed by atoms with E-state index in [2.05, 4.69) is 0 Å². The molecule has 1 amide bonds. The lowest BCUT2D eigenvalue weighted by Gasteiger charge is -2.28. The van der Waals surface area contributed by atoms with Crippen molar-refractivity contribution >= 4 is 21.9 Å². The first-order chi connectivity index (χ1) is 16.7. The quantitative estimate of drug-likeness (QED) is 0.471. The van der Waals surface area contributed by atoms with Crippen molar-refractivity contribution < 1.29 is 22.7 Å². The van der Waals surface area contributed by atoms with Gasteiger partial charge in [0.15, 0.2) is 6.61 Å². The van der Waals surface area contributed by atoms with Gasteiger partial charge in [-0.05, 0) is 54.3 Å². The van der Waals surface area contributed by atoms with Gasteiger partial charge >= 0.3 is 5.97 Å². The number of nitrogens with zero attached hydrogens (tertiary/aromatic N) is 2. The van der Waals surface area contributed by atoms with Gasteiger partial charge in [0.05, 0.1) is 10.5 Å². The van der Waals surface area contributed by atoms with Crippen molar-refractivity contribution in [1.82, 2.24) is 9.21 Å². The minimum Gasteiger partial charge on any atom is -0.452 e. The molecule has 0 unspecified atom stereocenters. The summed E-state index contributed by atoms with van der Waals surface area (Å²) in [7, 11) is -2.05. The molecule has 0 fully saturated rings. The highest BCUT2D eigenvalue weighted by Crippen LogP contribution is 2.25. The van der Waals surface area contributed by atoms with E-state index in [0.29, 0.717) is 26.1 Å². The van der Waals surface area contributed by atoms with E-state index in [1.165, 1.54) is 33.5 Å². The number of likely N-dealkylation sites (N-methyl/N-ethyl adjacent to an activating group) is 1. The zero-order valence-corrected chi connectivity index (χ0v) is 20.6. The molecular weight excluding hydrogens is 464 g/mol. The number of amides is 1. The van der Waals surface area contributed by atoms with Gasteiger partial charge < -0.3 is 9.64 Å². The SMILES string of the molecule is Cc1ccc(CN(C)C(=O)COC(=O)c2ccc(S(=O)(=O)N3CCc4ccccc4C3)cc2)cc1. The second-order valence-corrected chi connectivity index (χ2v) is 10.6. The van der Waals surface area contributed by atoms with Gasteiger partial charge in [-0.25, -0.2) is 13.2 Å². The normalized spacial score (nSPS) is 13.7. The fourth-order valence-electron chi connectivity index (χ4n) is 3.96. The molecule has 0 spiro atoms. The van der Waals surface area contributed by atoms with Crippen LogP contribution in [0.2, 0.25) is 0 Å². The Morgan fingerprint density at radius 1 is 0.943 bits per heavy atom. The van der Waals surface area contributed by atoms with Crippen molar-refractivity contribution in [3.05, 3.63) is 101 Å². The van der Waals surface area contributed by atoms with E-state index < -0.39 is 22.6 Å². The molecule has 0 aromatic heterocycles. The van der Waals surface area contributed by atoms with Crippen LogP contribution in [-0.2, 0) is 39.1 Å². The van der Waals surface area contributed by atoms with E-state index in [9.17, 15) is 18.0 Å². The molecule has 3 aromatic carbocycles. The van der Waals surface area contributed by atoms with Gasteiger partial charge in [-0.1, -0.05) is 54.1 Å². The molecule has 0 radical (unpaired) electrons. The first kappa shape index (κ1) is 24.6. The zero-order chi connectivity index (χ0) is 25.0. The molecule has 35 heavy (non-hydrogen) atoms. The topological polar surface area (TPSA) is 84.0 Å². The largest absolute Gasteiger partial charge is 0.452 e. The number of aryl methyl sites for hydroxylation is 1. The molecule has 8 heteroatoms. The molecule has 0 N–H and O–H groups in total. The van der Waals surface area contributed by atoms with Crippen molar-refractivity contribution in [3.8, 4) is 0 Å². The number of carbonyl (C=O) groups excluding carboxylic acids is 2. The molecule has 0 bridgehead atoms. The first-order valence-corrected chi connectivity index (χ1v) is 12.8. The molecule has 1 aliphatic rings.